The zero-order valence-corrected chi connectivity index (χ0v) is 13.1. The van der Waals surface area contributed by atoms with E-state index in [1.165, 1.54) is 0 Å². The Bertz CT molecular complexity index is 637. The highest BCUT2D eigenvalue weighted by atomic mass is 16.5. The zero-order chi connectivity index (χ0) is 15.9. The lowest BCUT2D eigenvalue weighted by Gasteiger charge is -2.10. The van der Waals surface area contributed by atoms with E-state index in [1.54, 1.807) is 25.1 Å². The van der Waals surface area contributed by atoms with Crippen LogP contribution in [0.1, 0.15) is 11.3 Å². The number of rotatable bonds is 7. The van der Waals surface area contributed by atoms with Gasteiger partial charge in [0.25, 0.3) is 0 Å². The van der Waals surface area contributed by atoms with Gasteiger partial charge in [0.15, 0.2) is 11.5 Å². The largest absolute Gasteiger partial charge is 0.493 e. The summed E-state index contributed by atoms with van der Waals surface area (Å²) in [6.07, 6.45) is 2.41. The predicted molar refractivity (Wildman–Crippen MR) is 83.2 cm³/mol. The van der Waals surface area contributed by atoms with Gasteiger partial charge in [0.05, 0.1) is 14.2 Å². The van der Waals surface area contributed by atoms with E-state index >= 15 is 0 Å². The second kappa shape index (κ2) is 7.49. The van der Waals surface area contributed by atoms with Crippen LogP contribution in [0.4, 0.5) is 0 Å². The van der Waals surface area contributed by atoms with Gasteiger partial charge in [-0.05, 0) is 37.1 Å². The van der Waals surface area contributed by atoms with Crippen molar-refractivity contribution in [2.75, 3.05) is 20.8 Å². The SMILES string of the molecule is COc1ccc(CCNC(=O)Cn2nccc2C)cc1OC. The van der Waals surface area contributed by atoms with E-state index in [1.807, 2.05) is 31.2 Å². The minimum atomic E-state index is -0.0488. The average molecular weight is 303 g/mol. The van der Waals surface area contributed by atoms with Crippen LogP contribution in [0.2, 0.25) is 0 Å². The maximum absolute atomic E-state index is 11.9. The van der Waals surface area contributed by atoms with Crippen molar-refractivity contribution in [1.82, 2.24) is 15.1 Å². The zero-order valence-electron chi connectivity index (χ0n) is 13.1. The van der Waals surface area contributed by atoms with E-state index in [0.717, 1.165) is 17.7 Å². The van der Waals surface area contributed by atoms with Crippen LogP contribution in [-0.2, 0) is 17.8 Å². The van der Waals surface area contributed by atoms with Gasteiger partial charge in [-0.2, -0.15) is 5.10 Å². The number of methoxy groups -OCH3 is 2. The Morgan fingerprint density at radius 1 is 1.23 bits per heavy atom. The number of nitrogens with one attached hydrogen (secondary N) is 1. The van der Waals surface area contributed by atoms with E-state index < -0.39 is 0 Å². The quantitative estimate of drug-likeness (QED) is 0.843. The maximum Gasteiger partial charge on any atom is 0.241 e. The van der Waals surface area contributed by atoms with Gasteiger partial charge < -0.3 is 14.8 Å². The van der Waals surface area contributed by atoms with E-state index in [2.05, 4.69) is 10.4 Å². The molecule has 1 aromatic heterocycles. The summed E-state index contributed by atoms with van der Waals surface area (Å²) in [6.45, 7) is 2.73. The summed E-state index contributed by atoms with van der Waals surface area (Å²) in [5, 5.41) is 6.98. The molecular weight excluding hydrogens is 282 g/mol. The lowest BCUT2D eigenvalue weighted by atomic mass is 10.1. The summed E-state index contributed by atoms with van der Waals surface area (Å²) in [7, 11) is 3.21. The third-order valence-electron chi connectivity index (χ3n) is 3.41. The number of benzene rings is 1. The number of hydrogen-bond donors (Lipinski definition) is 1. The van der Waals surface area contributed by atoms with Crippen molar-refractivity contribution in [3.8, 4) is 11.5 Å². The Hall–Kier alpha value is -2.50. The van der Waals surface area contributed by atoms with Crippen molar-refractivity contribution in [3.05, 3.63) is 41.7 Å². The summed E-state index contributed by atoms with van der Waals surface area (Å²) >= 11 is 0. The van der Waals surface area contributed by atoms with E-state index in [0.29, 0.717) is 18.0 Å². The predicted octanol–water partition coefficient (Wildman–Crippen LogP) is 1.57. The standard InChI is InChI=1S/C16H21N3O3/c1-12-6-9-18-19(12)11-16(20)17-8-7-13-4-5-14(21-2)15(10-13)22-3/h4-6,9-10H,7-8,11H2,1-3H3,(H,17,20). The van der Waals surface area contributed by atoms with Crippen molar-refractivity contribution < 1.29 is 14.3 Å². The molecule has 118 valence electrons. The molecule has 2 aromatic rings. The molecule has 0 unspecified atom stereocenters. The summed E-state index contributed by atoms with van der Waals surface area (Å²) in [5.41, 5.74) is 2.04. The first kappa shape index (κ1) is 15.9. The fourth-order valence-electron chi connectivity index (χ4n) is 2.14. The molecule has 0 bridgehead atoms. The van der Waals surface area contributed by atoms with Crippen LogP contribution < -0.4 is 14.8 Å². The number of carbonyl (C=O) groups excluding carboxylic acids is 1. The van der Waals surface area contributed by atoms with Gasteiger partial charge in [-0.15, -0.1) is 0 Å². The van der Waals surface area contributed by atoms with Crippen LogP contribution in [0.15, 0.2) is 30.5 Å². The first-order valence-corrected chi connectivity index (χ1v) is 7.10. The van der Waals surface area contributed by atoms with Gasteiger partial charge in [-0.3, -0.25) is 9.48 Å². The lowest BCUT2D eigenvalue weighted by Crippen LogP contribution is -2.30. The monoisotopic (exact) mass is 303 g/mol. The highest BCUT2D eigenvalue weighted by molar-refractivity contribution is 5.75. The summed E-state index contributed by atoms with van der Waals surface area (Å²) in [6, 6.07) is 7.62. The molecule has 0 aliphatic rings. The number of carbonyl (C=O) groups is 1. The summed E-state index contributed by atoms with van der Waals surface area (Å²) in [4.78, 5) is 11.9. The third kappa shape index (κ3) is 4.00. The molecule has 1 N–H and O–H groups in total. The van der Waals surface area contributed by atoms with Crippen LogP contribution >= 0.6 is 0 Å². The van der Waals surface area contributed by atoms with Crippen molar-refractivity contribution >= 4 is 5.91 Å². The molecule has 6 nitrogen and oxygen atoms in total. The molecule has 0 fully saturated rings. The van der Waals surface area contributed by atoms with Crippen molar-refractivity contribution in [1.29, 1.82) is 0 Å². The van der Waals surface area contributed by atoms with Crippen molar-refractivity contribution in [2.45, 2.75) is 19.9 Å². The van der Waals surface area contributed by atoms with Gasteiger partial charge in [0.2, 0.25) is 5.91 Å². The van der Waals surface area contributed by atoms with Gasteiger partial charge in [0, 0.05) is 18.4 Å². The Labute approximate surface area is 130 Å². The molecule has 0 aliphatic carbocycles. The molecule has 0 spiro atoms. The van der Waals surface area contributed by atoms with Crippen LogP contribution in [0.3, 0.4) is 0 Å². The average Bonchev–Trinajstić information content (AvgIpc) is 2.92. The van der Waals surface area contributed by atoms with Crippen LogP contribution in [0.5, 0.6) is 11.5 Å². The van der Waals surface area contributed by atoms with E-state index in [9.17, 15) is 4.79 Å². The Morgan fingerprint density at radius 2 is 2.00 bits per heavy atom. The second-order valence-corrected chi connectivity index (χ2v) is 4.92. The number of amides is 1. The van der Waals surface area contributed by atoms with Gasteiger partial charge in [-0.25, -0.2) is 0 Å². The molecular formula is C16H21N3O3. The molecule has 0 aliphatic heterocycles. The Morgan fingerprint density at radius 3 is 2.64 bits per heavy atom. The van der Waals surface area contributed by atoms with E-state index in [-0.39, 0.29) is 12.5 Å². The summed E-state index contributed by atoms with van der Waals surface area (Å²) < 4.78 is 12.1. The topological polar surface area (TPSA) is 65.4 Å². The normalized spacial score (nSPS) is 10.3. The highest BCUT2D eigenvalue weighted by Gasteiger charge is 2.07. The van der Waals surface area contributed by atoms with Crippen LogP contribution in [0.25, 0.3) is 0 Å². The second-order valence-electron chi connectivity index (χ2n) is 4.92. The van der Waals surface area contributed by atoms with Gasteiger partial charge >= 0.3 is 0 Å². The summed E-state index contributed by atoms with van der Waals surface area (Å²) in [5.74, 6) is 1.34. The molecule has 1 aromatic carbocycles. The Balaban J connectivity index is 1.83. The molecule has 0 atom stereocenters. The lowest BCUT2D eigenvalue weighted by molar-refractivity contribution is -0.121. The fourth-order valence-corrected chi connectivity index (χ4v) is 2.14. The molecule has 0 saturated carbocycles. The number of aryl methyl sites for hydroxylation is 1. The highest BCUT2D eigenvalue weighted by Crippen LogP contribution is 2.27. The molecule has 0 radical (unpaired) electrons. The molecule has 2 rings (SSSR count). The number of nitrogens with zero attached hydrogens (tertiary/aromatic N) is 2. The van der Waals surface area contributed by atoms with Gasteiger partial charge in [-0.1, -0.05) is 6.07 Å². The number of hydrogen-bond acceptors (Lipinski definition) is 4. The van der Waals surface area contributed by atoms with Crippen molar-refractivity contribution in [2.24, 2.45) is 0 Å². The third-order valence-corrected chi connectivity index (χ3v) is 3.41. The number of aromatic nitrogens is 2. The first-order chi connectivity index (χ1) is 10.6. The number of ether oxygens (including phenoxy) is 2. The van der Waals surface area contributed by atoms with Crippen LogP contribution in [-0.4, -0.2) is 36.5 Å². The molecule has 0 saturated heterocycles. The van der Waals surface area contributed by atoms with E-state index in [4.69, 9.17) is 9.47 Å². The minimum absolute atomic E-state index is 0.0488. The Kier molecular flexibility index (Phi) is 5.41. The smallest absolute Gasteiger partial charge is 0.241 e. The fraction of sp³-hybridized carbons (Fsp3) is 0.375. The van der Waals surface area contributed by atoms with Crippen LogP contribution in [0, 0.1) is 6.92 Å². The maximum atomic E-state index is 11.9. The molecule has 1 amide bonds. The van der Waals surface area contributed by atoms with Gasteiger partial charge in [0.1, 0.15) is 6.54 Å². The van der Waals surface area contributed by atoms with Crippen molar-refractivity contribution in [3.63, 3.8) is 0 Å². The molecule has 1 heterocycles. The first-order valence-electron chi connectivity index (χ1n) is 7.10. The minimum Gasteiger partial charge on any atom is -0.493 e. The molecule has 22 heavy (non-hydrogen) atoms. The molecule has 6 heteroatoms.